The molecule has 1 aromatic carbocycles. The van der Waals surface area contributed by atoms with Crippen LogP contribution < -0.4 is 9.47 Å². The van der Waals surface area contributed by atoms with Gasteiger partial charge in [0.15, 0.2) is 17.3 Å². The van der Waals surface area contributed by atoms with Crippen LogP contribution in [-0.2, 0) is 20.3 Å². The number of aliphatic hydroxyl groups excluding tert-OH is 1. The van der Waals surface area contributed by atoms with Crippen LogP contribution in [0, 0.1) is 0 Å². The summed E-state index contributed by atoms with van der Waals surface area (Å²) in [5.41, 5.74) is 0.776. The summed E-state index contributed by atoms with van der Waals surface area (Å²) in [6.07, 6.45) is 1.62. The van der Waals surface area contributed by atoms with Gasteiger partial charge in [0.25, 0.3) is 0 Å². The zero-order valence-corrected chi connectivity index (χ0v) is 10.3. The Kier molecular flexibility index (Phi) is 3.78. The molecule has 1 aromatic heterocycles. The van der Waals surface area contributed by atoms with E-state index in [1.54, 1.807) is 36.2 Å². The van der Waals surface area contributed by atoms with Crippen molar-refractivity contribution in [2.75, 3.05) is 7.11 Å². The highest BCUT2D eigenvalue weighted by molar-refractivity contribution is 5.42. The highest BCUT2D eigenvalue weighted by Gasteiger charge is 2.07. The van der Waals surface area contributed by atoms with Crippen molar-refractivity contribution >= 4 is 0 Å². The van der Waals surface area contributed by atoms with Crippen LogP contribution in [0.5, 0.6) is 11.5 Å². The molecule has 0 saturated carbocycles. The molecule has 18 heavy (non-hydrogen) atoms. The third-order valence-corrected chi connectivity index (χ3v) is 2.57. The number of aliphatic hydroxyl groups is 1. The van der Waals surface area contributed by atoms with Crippen LogP contribution in [0.1, 0.15) is 11.4 Å². The van der Waals surface area contributed by atoms with Crippen molar-refractivity contribution in [1.82, 2.24) is 14.8 Å². The molecule has 6 heteroatoms. The highest BCUT2D eigenvalue weighted by Crippen LogP contribution is 2.28. The number of rotatable bonds is 5. The summed E-state index contributed by atoms with van der Waals surface area (Å²) in [5.74, 6) is 1.92. The Balaban J connectivity index is 2.11. The molecule has 2 aromatic rings. The minimum Gasteiger partial charge on any atom is -0.493 e. The van der Waals surface area contributed by atoms with Crippen molar-refractivity contribution in [3.63, 3.8) is 0 Å². The lowest BCUT2D eigenvalue weighted by Gasteiger charge is -2.11. The highest BCUT2D eigenvalue weighted by atomic mass is 16.5. The molecule has 1 heterocycles. The first kappa shape index (κ1) is 12.4. The van der Waals surface area contributed by atoms with Crippen LogP contribution in [0.25, 0.3) is 0 Å². The van der Waals surface area contributed by atoms with Crippen molar-refractivity contribution in [1.29, 1.82) is 0 Å². The zero-order chi connectivity index (χ0) is 13.0. The van der Waals surface area contributed by atoms with Gasteiger partial charge in [-0.1, -0.05) is 6.07 Å². The first-order valence-electron chi connectivity index (χ1n) is 5.48. The summed E-state index contributed by atoms with van der Waals surface area (Å²) in [6, 6.07) is 5.29. The fraction of sp³-hybridized carbons (Fsp3) is 0.333. The predicted molar refractivity (Wildman–Crippen MR) is 64.3 cm³/mol. The van der Waals surface area contributed by atoms with E-state index in [1.165, 1.54) is 0 Å². The van der Waals surface area contributed by atoms with Gasteiger partial charge >= 0.3 is 0 Å². The molecule has 0 fully saturated rings. The van der Waals surface area contributed by atoms with E-state index in [1.807, 2.05) is 7.05 Å². The number of ether oxygens (including phenoxy) is 2. The van der Waals surface area contributed by atoms with Gasteiger partial charge in [0.2, 0.25) is 0 Å². The summed E-state index contributed by atoms with van der Waals surface area (Å²) in [7, 11) is 3.41. The molecule has 0 unspecified atom stereocenters. The minimum atomic E-state index is -0.0279. The first-order valence-corrected chi connectivity index (χ1v) is 5.48. The van der Waals surface area contributed by atoms with E-state index >= 15 is 0 Å². The number of hydrogen-bond donors (Lipinski definition) is 1. The van der Waals surface area contributed by atoms with Gasteiger partial charge < -0.3 is 19.1 Å². The van der Waals surface area contributed by atoms with E-state index < -0.39 is 0 Å². The smallest absolute Gasteiger partial charge is 0.170 e. The molecule has 1 N–H and O–H groups in total. The first-order chi connectivity index (χ1) is 8.74. The maximum atomic E-state index is 9.05. The van der Waals surface area contributed by atoms with Crippen LogP contribution in [0.2, 0.25) is 0 Å². The third kappa shape index (κ3) is 2.60. The maximum Gasteiger partial charge on any atom is 0.170 e. The minimum absolute atomic E-state index is 0.0279. The summed E-state index contributed by atoms with van der Waals surface area (Å²) in [4.78, 5) is 0. The second kappa shape index (κ2) is 5.50. The maximum absolute atomic E-state index is 9.05. The average molecular weight is 249 g/mol. The Morgan fingerprint density at radius 3 is 2.78 bits per heavy atom. The Morgan fingerprint density at radius 1 is 1.33 bits per heavy atom. The average Bonchev–Trinajstić information content (AvgIpc) is 2.81. The molecule has 0 aliphatic heterocycles. The number of nitrogens with zero attached hydrogens (tertiary/aromatic N) is 3. The van der Waals surface area contributed by atoms with E-state index in [0.29, 0.717) is 18.1 Å². The van der Waals surface area contributed by atoms with Crippen molar-refractivity contribution in [2.24, 2.45) is 7.05 Å². The molecule has 2 rings (SSSR count). The van der Waals surface area contributed by atoms with Crippen LogP contribution in [0.4, 0.5) is 0 Å². The number of hydrogen-bond acceptors (Lipinski definition) is 5. The van der Waals surface area contributed by atoms with Gasteiger partial charge in [-0.05, 0) is 17.7 Å². The van der Waals surface area contributed by atoms with Gasteiger partial charge in [0.1, 0.15) is 12.9 Å². The molecule has 96 valence electrons. The van der Waals surface area contributed by atoms with Crippen molar-refractivity contribution < 1.29 is 14.6 Å². The zero-order valence-electron chi connectivity index (χ0n) is 10.3. The van der Waals surface area contributed by atoms with Gasteiger partial charge in [-0.2, -0.15) is 0 Å². The standard InChI is InChI=1S/C12H15N3O3/c1-15-8-13-14-12(15)7-18-10-4-3-9(6-16)5-11(10)17-2/h3-5,8,16H,6-7H2,1-2H3. The molecule has 6 nitrogen and oxygen atoms in total. The van der Waals surface area contributed by atoms with Gasteiger partial charge in [0, 0.05) is 7.05 Å². The normalized spacial score (nSPS) is 10.4. The van der Waals surface area contributed by atoms with Gasteiger partial charge in [-0.25, -0.2) is 0 Å². The van der Waals surface area contributed by atoms with E-state index in [0.717, 1.165) is 11.4 Å². The van der Waals surface area contributed by atoms with E-state index in [9.17, 15) is 0 Å². The van der Waals surface area contributed by atoms with Gasteiger partial charge in [-0.3, -0.25) is 0 Å². The Bertz CT molecular complexity index is 525. The largest absolute Gasteiger partial charge is 0.493 e. The second-order valence-electron chi connectivity index (χ2n) is 3.79. The summed E-state index contributed by atoms with van der Waals surface area (Å²) < 4.78 is 12.6. The number of methoxy groups -OCH3 is 1. The lowest BCUT2D eigenvalue weighted by molar-refractivity contribution is 0.268. The molecule has 0 aliphatic carbocycles. The van der Waals surface area contributed by atoms with E-state index in [4.69, 9.17) is 14.6 Å². The number of benzene rings is 1. The molecular weight excluding hydrogens is 234 g/mol. The topological polar surface area (TPSA) is 69.4 Å². The monoisotopic (exact) mass is 249 g/mol. The van der Waals surface area contributed by atoms with E-state index in [-0.39, 0.29) is 6.61 Å². The summed E-state index contributed by atoms with van der Waals surface area (Å²) >= 11 is 0. The molecule has 0 spiro atoms. The Labute approximate surface area is 105 Å². The fourth-order valence-electron chi connectivity index (χ4n) is 1.51. The third-order valence-electron chi connectivity index (χ3n) is 2.57. The quantitative estimate of drug-likeness (QED) is 0.852. The Hall–Kier alpha value is -2.08. The number of aryl methyl sites for hydroxylation is 1. The van der Waals surface area contributed by atoms with Gasteiger partial charge in [-0.15, -0.1) is 10.2 Å². The van der Waals surface area contributed by atoms with Crippen molar-refractivity contribution in [2.45, 2.75) is 13.2 Å². The van der Waals surface area contributed by atoms with Crippen LogP contribution in [0.15, 0.2) is 24.5 Å². The predicted octanol–water partition coefficient (Wildman–Crippen LogP) is 0.895. The van der Waals surface area contributed by atoms with Crippen LogP contribution >= 0.6 is 0 Å². The SMILES string of the molecule is COc1cc(CO)ccc1OCc1nncn1C. The van der Waals surface area contributed by atoms with Gasteiger partial charge in [0.05, 0.1) is 13.7 Å². The molecule has 0 aliphatic rings. The Morgan fingerprint density at radius 2 is 2.17 bits per heavy atom. The van der Waals surface area contributed by atoms with Crippen molar-refractivity contribution in [3.05, 3.63) is 35.9 Å². The second-order valence-corrected chi connectivity index (χ2v) is 3.79. The lowest BCUT2D eigenvalue weighted by Crippen LogP contribution is -2.04. The lowest BCUT2D eigenvalue weighted by atomic mass is 10.2. The summed E-state index contributed by atoms with van der Waals surface area (Å²) in [5, 5.41) is 16.7. The number of aromatic nitrogens is 3. The fourth-order valence-corrected chi connectivity index (χ4v) is 1.51. The van der Waals surface area contributed by atoms with Crippen molar-refractivity contribution in [3.8, 4) is 11.5 Å². The molecule has 0 saturated heterocycles. The molecule has 0 radical (unpaired) electrons. The molecule has 0 bridgehead atoms. The van der Waals surface area contributed by atoms with E-state index in [2.05, 4.69) is 10.2 Å². The summed E-state index contributed by atoms with van der Waals surface area (Å²) in [6.45, 7) is 0.283. The van der Waals surface area contributed by atoms with Crippen LogP contribution in [0.3, 0.4) is 0 Å². The molecule has 0 atom stereocenters. The van der Waals surface area contributed by atoms with Crippen LogP contribution in [-0.4, -0.2) is 27.0 Å². The molecular formula is C12H15N3O3. The molecule has 0 amide bonds.